The summed E-state index contributed by atoms with van der Waals surface area (Å²) in [6.07, 6.45) is 8.50. The van der Waals surface area contributed by atoms with Crippen LogP contribution in [-0.4, -0.2) is 41.0 Å². The lowest BCUT2D eigenvalue weighted by atomic mass is 10.2. The van der Waals surface area contributed by atoms with E-state index < -0.39 is 11.5 Å². The second-order valence-electron chi connectivity index (χ2n) is 4.85. The summed E-state index contributed by atoms with van der Waals surface area (Å²) < 4.78 is 11.4. The fourth-order valence-electron chi connectivity index (χ4n) is 1.87. The summed E-state index contributed by atoms with van der Waals surface area (Å²) in [5.74, 6) is -0.633. The zero-order valence-corrected chi connectivity index (χ0v) is 14.3. The maximum atomic E-state index is 12.1. The van der Waals surface area contributed by atoms with Crippen LogP contribution < -0.4 is 10.3 Å². The minimum atomic E-state index is -1.08. The van der Waals surface area contributed by atoms with Crippen molar-refractivity contribution in [3.05, 3.63) is 59.7 Å². The first-order chi connectivity index (χ1) is 12.0. The van der Waals surface area contributed by atoms with E-state index in [2.05, 4.69) is 11.6 Å². The maximum Gasteiger partial charge on any atom is 0.323 e. The van der Waals surface area contributed by atoms with Gasteiger partial charge >= 0.3 is 5.97 Å². The molecule has 0 fully saturated rings. The van der Waals surface area contributed by atoms with Crippen LogP contribution in [0.3, 0.4) is 0 Å². The van der Waals surface area contributed by atoms with E-state index in [4.69, 9.17) is 14.6 Å². The second kappa shape index (κ2) is 10.8. The third-order valence-electron chi connectivity index (χ3n) is 2.99. The first-order valence-corrected chi connectivity index (χ1v) is 7.60. The molecule has 25 heavy (non-hydrogen) atoms. The highest BCUT2D eigenvalue weighted by molar-refractivity contribution is 5.78. The van der Waals surface area contributed by atoms with Crippen molar-refractivity contribution in [1.82, 2.24) is 9.55 Å². The van der Waals surface area contributed by atoms with Gasteiger partial charge in [0.25, 0.3) is 5.56 Å². The zero-order valence-electron chi connectivity index (χ0n) is 14.3. The predicted molar refractivity (Wildman–Crippen MR) is 96.0 cm³/mol. The highest BCUT2D eigenvalue weighted by Crippen LogP contribution is 2.15. The number of carboxylic acid groups (broad SMARTS) is 1. The van der Waals surface area contributed by atoms with Gasteiger partial charge in [0.05, 0.1) is 23.7 Å². The molecule has 0 radical (unpaired) electrons. The topological polar surface area (TPSA) is 90.7 Å². The van der Waals surface area contributed by atoms with E-state index >= 15 is 0 Å². The van der Waals surface area contributed by atoms with E-state index in [0.717, 1.165) is 4.57 Å². The molecule has 0 aliphatic heterocycles. The van der Waals surface area contributed by atoms with Gasteiger partial charge in [0.15, 0.2) is 0 Å². The molecule has 134 valence electrons. The van der Waals surface area contributed by atoms with Gasteiger partial charge in [-0.2, -0.15) is 0 Å². The highest BCUT2D eigenvalue weighted by Gasteiger charge is 2.08. The number of rotatable bonds is 7. The molecule has 0 unspecified atom stereocenters. The summed E-state index contributed by atoms with van der Waals surface area (Å²) in [5.41, 5.74) is 0.0883. The fraction of sp³-hybridized carbons (Fsp3) is 0.278. The Hall–Kier alpha value is -2.93. The third-order valence-corrected chi connectivity index (χ3v) is 2.99. The van der Waals surface area contributed by atoms with E-state index in [1.54, 1.807) is 25.3 Å². The Bertz CT molecular complexity index is 796. The van der Waals surface area contributed by atoms with E-state index in [0.29, 0.717) is 29.9 Å². The molecule has 0 atom stereocenters. The minimum Gasteiger partial charge on any atom is -0.490 e. The molecule has 2 rings (SSSR count). The standard InChI is InChI=1S/C13H14N2O5.C5H8/c1-19-4-5-20-9-6-10-11(14-7-9)2-3-15(13(10)18)8-12(16)17;1-3-5-4-2/h2-3,6-7H,4-5,8H2,1H3,(H,16,17);3-5H,1H2,2H3/b;5-4+. The molecular weight excluding hydrogens is 324 g/mol. The number of aromatic nitrogens is 2. The molecule has 2 aromatic rings. The summed E-state index contributed by atoms with van der Waals surface area (Å²) >= 11 is 0. The first-order valence-electron chi connectivity index (χ1n) is 7.60. The molecule has 7 nitrogen and oxygen atoms in total. The molecule has 2 heterocycles. The second-order valence-corrected chi connectivity index (χ2v) is 4.85. The molecule has 0 bridgehead atoms. The molecule has 1 N–H and O–H groups in total. The van der Waals surface area contributed by atoms with Crippen molar-refractivity contribution in [3.63, 3.8) is 0 Å². The zero-order chi connectivity index (χ0) is 18.7. The van der Waals surface area contributed by atoms with Crippen LogP contribution >= 0.6 is 0 Å². The average molecular weight is 346 g/mol. The lowest BCUT2D eigenvalue weighted by Crippen LogP contribution is -2.23. The van der Waals surface area contributed by atoms with E-state index in [9.17, 15) is 9.59 Å². The van der Waals surface area contributed by atoms with Crippen molar-refractivity contribution in [1.29, 1.82) is 0 Å². The van der Waals surface area contributed by atoms with Crippen molar-refractivity contribution in [3.8, 4) is 5.75 Å². The number of pyridine rings is 2. The Kier molecular flexibility index (Phi) is 8.67. The molecule has 0 aromatic carbocycles. The number of carbonyl (C=O) groups is 1. The fourth-order valence-corrected chi connectivity index (χ4v) is 1.87. The smallest absolute Gasteiger partial charge is 0.323 e. The molecule has 0 saturated heterocycles. The average Bonchev–Trinajstić information content (AvgIpc) is 2.59. The maximum absolute atomic E-state index is 12.1. The molecule has 0 aliphatic rings. The minimum absolute atomic E-state index is 0.323. The van der Waals surface area contributed by atoms with Crippen LogP contribution in [-0.2, 0) is 16.1 Å². The van der Waals surface area contributed by atoms with Crippen LogP contribution in [0.15, 0.2) is 54.1 Å². The molecule has 0 aliphatic carbocycles. The van der Waals surface area contributed by atoms with E-state index in [-0.39, 0.29) is 6.54 Å². The number of ether oxygens (including phenoxy) is 2. The molecule has 0 saturated carbocycles. The van der Waals surface area contributed by atoms with Gasteiger partial charge in [-0.25, -0.2) is 0 Å². The summed E-state index contributed by atoms with van der Waals surface area (Å²) in [7, 11) is 1.56. The van der Waals surface area contributed by atoms with Gasteiger partial charge < -0.3 is 19.1 Å². The number of fused-ring (bicyclic) bond motifs is 1. The van der Waals surface area contributed by atoms with Gasteiger partial charge in [-0.15, -0.1) is 0 Å². The number of aliphatic carboxylic acids is 1. The quantitative estimate of drug-likeness (QED) is 0.611. The Balaban J connectivity index is 0.000000550. The van der Waals surface area contributed by atoms with Gasteiger partial charge in [-0.05, 0) is 19.1 Å². The summed E-state index contributed by atoms with van der Waals surface area (Å²) in [4.78, 5) is 26.9. The van der Waals surface area contributed by atoms with Crippen LogP contribution in [0.4, 0.5) is 0 Å². The number of allylic oxidation sites excluding steroid dienone is 3. The molecule has 7 heteroatoms. The van der Waals surface area contributed by atoms with Crippen LogP contribution in [0.2, 0.25) is 0 Å². The van der Waals surface area contributed by atoms with Crippen LogP contribution in [0.5, 0.6) is 5.75 Å². The van der Waals surface area contributed by atoms with Crippen LogP contribution in [0, 0.1) is 0 Å². The normalized spacial score (nSPS) is 10.3. The van der Waals surface area contributed by atoms with E-state index in [1.165, 1.54) is 12.4 Å². The van der Waals surface area contributed by atoms with Crippen molar-refractivity contribution in [2.75, 3.05) is 20.3 Å². The Labute approximate surface area is 145 Å². The Morgan fingerprint density at radius 2 is 2.20 bits per heavy atom. The number of carboxylic acids is 1. The highest BCUT2D eigenvalue weighted by atomic mass is 16.5. The molecule has 2 aromatic heterocycles. The summed E-state index contributed by atoms with van der Waals surface area (Å²) in [5, 5.41) is 9.07. The van der Waals surface area contributed by atoms with E-state index in [1.807, 2.05) is 19.1 Å². The molecule has 0 spiro atoms. The number of hydrogen-bond acceptors (Lipinski definition) is 5. The Morgan fingerprint density at radius 1 is 1.44 bits per heavy atom. The Morgan fingerprint density at radius 3 is 2.76 bits per heavy atom. The van der Waals surface area contributed by atoms with Gasteiger partial charge in [0.2, 0.25) is 0 Å². The summed E-state index contributed by atoms with van der Waals surface area (Å²) in [6, 6.07) is 3.15. The SMILES string of the molecule is C=C/C=C/C.COCCOc1cnc2ccn(CC(=O)O)c(=O)c2c1. The first kappa shape index (κ1) is 20.1. The largest absolute Gasteiger partial charge is 0.490 e. The van der Waals surface area contributed by atoms with Crippen molar-refractivity contribution < 1.29 is 19.4 Å². The van der Waals surface area contributed by atoms with Crippen molar-refractivity contribution >= 4 is 16.9 Å². The van der Waals surface area contributed by atoms with Gasteiger partial charge in [0.1, 0.15) is 18.9 Å². The lowest BCUT2D eigenvalue weighted by molar-refractivity contribution is -0.137. The third kappa shape index (κ3) is 6.60. The van der Waals surface area contributed by atoms with Gasteiger partial charge in [-0.1, -0.05) is 24.8 Å². The molecule has 0 amide bonds. The number of nitrogens with zero attached hydrogens (tertiary/aromatic N) is 2. The van der Waals surface area contributed by atoms with Crippen LogP contribution in [0.1, 0.15) is 6.92 Å². The lowest BCUT2D eigenvalue weighted by Gasteiger charge is -2.07. The number of hydrogen-bond donors (Lipinski definition) is 1. The summed E-state index contributed by atoms with van der Waals surface area (Å²) in [6.45, 7) is 5.81. The predicted octanol–water partition coefficient (Wildman–Crippen LogP) is 2.25. The van der Waals surface area contributed by atoms with Crippen molar-refractivity contribution in [2.24, 2.45) is 0 Å². The molecular formula is C18H22N2O5. The number of methoxy groups -OCH3 is 1. The monoisotopic (exact) mass is 346 g/mol. The van der Waals surface area contributed by atoms with Gasteiger partial charge in [0, 0.05) is 13.3 Å². The van der Waals surface area contributed by atoms with Gasteiger partial charge in [-0.3, -0.25) is 14.6 Å². The van der Waals surface area contributed by atoms with Crippen molar-refractivity contribution in [2.45, 2.75) is 13.5 Å². The van der Waals surface area contributed by atoms with Crippen LogP contribution in [0.25, 0.3) is 10.9 Å².